The van der Waals surface area contributed by atoms with Gasteiger partial charge in [0.15, 0.2) is 17.3 Å². The molecular formula is C24H19N5O5. The maximum absolute atomic E-state index is 12.7. The van der Waals surface area contributed by atoms with Gasteiger partial charge in [-0.15, -0.1) is 0 Å². The first-order chi connectivity index (χ1) is 16.6. The van der Waals surface area contributed by atoms with Crippen molar-refractivity contribution in [3.05, 3.63) is 75.9 Å². The Bertz CT molecular complexity index is 1480. The molecule has 0 spiro atoms. The minimum absolute atomic E-state index is 0.184. The lowest BCUT2D eigenvalue weighted by molar-refractivity contribution is -0.111. The molecule has 2 aliphatic rings. The summed E-state index contributed by atoms with van der Waals surface area (Å²) >= 11 is 0. The maximum atomic E-state index is 12.7. The first kappa shape index (κ1) is 20.0. The van der Waals surface area contributed by atoms with Crippen LogP contribution in [0.15, 0.2) is 57.9 Å². The van der Waals surface area contributed by atoms with E-state index in [0.29, 0.717) is 40.8 Å². The Morgan fingerprint density at radius 3 is 2.94 bits per heavy atom. The maximum Gasteiger partial charge on any atom is 0.255 e. The molecule has 0 saturated heterocycles. The van der Waals surface area contributed by atoms with Crippen molar-refractivity contribution in [1.29, 1.82) is 0 Å². The quantitative estimate of drug-likeness (QED) is 0.441. The number of carbonyl (C=O) groups excluding carboxylic acids is 1. The van der Waals surface area contributed by atoms with Gasteiger partial charge >= 0.3 is 0 Å². The number of ether oxygens (including phenoxy) is 2. The van der Waals surface area contributed by atoms with Crippen molar-refractivity contribution in [1.82, 2.24) is 19.7 Å². The number of hydrogen-bond acceptors (Lipinski definition) is 7. The number of aromatic nitrogens is 4. The van der Waals surface area contributed by atoms with Crippen molar-refractivity contribution in [2.75, 3.05) is 12.1 Å². The number of furan rings is 1. The van der Waals surface area contributed by atoms with Crippen molar-refractivity contribution in [2.24, 2.45) is 0 Å². The zero-order chi connectivity index (χ0) is 23.1. The number of fused-ring (bicyclic) bond motifs is 2. The summed E-state index contributed by atoms with van der Waals surface area (Å²) in [6, 6.07) is 10.6. The number of nitrogens with zero attached hydrogens (tertiary/aromatic N) is 3. The molecule has 0 fully saturated rings. The van der Waals surface area contributed by atoms with Gasteiger partial charge in [0.2, 0.25) is 18.6 Å². The van der Waals surface area contributed by atoms with E-state index >= 15 is 0 Å². The van der Waals surface area contributed by atoms with Gasteiger partial charge in [0.05, 0.1) is 12.0 Å². The Kier molecular flexibility index (Phi) is 4.76. The summed E-state index contributed by atoms with van der Waals surface area (Å²) in [7, 11) is 0. The molecule has 0 bridgehead atoms. The van der Waals surface area contributed by atoms with Crippen LogP contribution in [0.1, 0.15) is 23.2 Å². The first-order valence-corrected chi connectivity index (χ1v) is 10.8. The SMILES string of the molecule is O=C(/C=C\c1ccc2c(c1)OCO2)Nc1cc(-c2ccco2)nn1-c1nc2c(c(=O)[nH]1)CCC2. The average Bonchev–Trinajstić information content (AvgIpc) is 3.63. The molecule has 0 atom stereocenters. The topological polar surface area (TPSA) is 124 Å². The third kappa shape index (κ3) is 3.64. The smallest absolute Gasteiger partial charge is 0.255 e. The third-order valence-corrected chi connectivity index (χ3v) is 5.69. The largest absolute Gasteiger partial charge is 0.463 e. The molecule has 1 amide bonds. The Hall–Kier alpha value is -4.60. The number of carbonyl (C=O) groups is 1. The number of amides is 1. The van der Waals surface area contributed by atoms with Crippen LogP contribution in [-0.4, -0.2) is 32.4 Å². The molecule has 1 aromatic carbocycles. The van der Waals surface area contributed by atoms with Crippen LogP contribution < -0.4 is 20.3 Å². The minimum Gasteiger partial charge on any atom is -0.463 e. The van der Waals surface area contributed by atoms with E-state index in [1.54, 1.807) is 36.4 Å². The number of hydrogen-bond donors (Lipinski definition) is 2. The van der Waals surface area contributed by atoms with Gasteiger partial charge in [0.1, 0.15) is 11.5 Å². The van der Waals surface area contributed by atoms with Gasteiger partial charge < -0.3 is 19.2 Å². The first-order valence-electron chi connectivity index (χ1n) is 10.8. The Morgan fingerprint density at radius 2 is 2.06 bits per heavy atom. The van der Waals surface area contributed by atoms with Crippen LogP contribution in [0.5, 0.6) is 11.5 Å². The number of rotatable bonds is 5. The van der Waals surface area contributed by atoms with Gasteiger partial charge in [0, 0.05) is 17.7 Å². The van der Waals surface area contributed by atoms with Crippen molar-refractivity contribution in [2.45, 2.75) is 19.3 Å². The fourth-order valence-corrected chi connectivity index (χ4v) is 4.06. The normalized spacial score (nSPS) is 14.0. The summed E-state index contributed by atoms with van der Waals surface area (Å²) in [6.07, 6.45) is 6.94. The Morgan fingerprint density at radius 1 is 1.15 bits per heavy atom. The zero-order valence-corrected chi connectivity index (χ0v) is 17.9. The standard InChI is InChI=1S/C24H19N5O5/c30-22(9-7-14-6-8-19-20(11-14)34-13-33-19)26-21-12-17(18-5-2-10-32-18)28-29(21)24-25-16-4-1-3-15(16)23(31)27-24/h2,5-12H,1,3-4,13H2,(H,26,30)(H,25,27,31)/b9-7-. The number of benzene rings is 1. The second-order valence-electron chi connectivity index (χ2n) is 7.91. The van der Waals surface area contributed by atoms with Crippen LogP contribution >= 0.6 is 0 Å². The van der Waals surface area contributed by atoms with Crippen molar-refractivity contribution < 1.29 is 18.7 Å². The Labute approximate surface area is 192 Å². The van der Waals surface area contributed by atoms with Crippen molar-refractivity contribution in [3.63, 3.8) is 0 Å². The molecule has 6 rings (SSSR count). The molecule has 10 heteroatoms. The molecule has 4 aromatic rings. The predicted octanol–water partition coefficient (Wildman–Crippen LogP) is 3.08. The summed E-state index contributed by atoms with van der Waals surface area (Å²) < 4.78 is 17.5. The monoisotopic (exact) mass is 457 g/mol. The highest BCUT2D eigenvalue weighted by Crippen LogP contribution is 2.33. The summed E-state index contributed by atoms with van der Waals surface area (Å²) in [6.45, 7) is 0.184. The third-order valence-electron chi connectivity index (χ3n) is 5.69. The highest BCUT2D eigenvalue weighted by Gasteiger charge is 2.21. The number of aryl methyl sites for hydroxylation is 1. The van der Waals surface area contributed by atoms with E-state index in [9.17, 15) is 9.59 Å². The molecule has 0 unspecified atom stereocenters. The second-order valence-corrected chi connectivity index (χ2v) is 7.91. The molecule has 10 nitrogen and oxygen atoms in total. The lowest BCUT2D eigenvalue weighted by Crippen LogP contribution is -2.20. The van der Waals surface area contributed by atoms with Gasteiger partial charge in [-0.1, -0.05) is 6.07 Å². The lowest BCUT2D eigenvalue weighted by Gasteiger charge is -2.08. The average molecular weight is 457 g/mol. The molecular weight excluding hydrogens is 438 g/mol. The summed E-state index contributed by atoms with van der Waals surface area (Å²) in [4.78, 5) is 32.7. The van der Waals surface area contributed by atoms with Gasteiger partial charge in [-0.3, -0.25) is 14.6 Å². The number of anilines is 1. The molecule has 170 valence electrons. The molecule has 3 aromatic heterocycles. The van der Waals surface area contributed by atoms with Crippen molar-refractivity contribution >= 4 is 17.8 Å². The second kappa shape index (κ2) is 8.07. The van der Waals surface area contributed by atoms with Crippen LogP contribution in [0.2, 0.25) is 0 Å². The van der Waals surface area contributed by atoms with E-state index in [0.717, 1.165) is 24.1 Å². The molecule has 0 radical (unpaired) electrons. The fourth-order valence-electron chi connectivity index (χ4n) is 4.06. The van der Waals surface area contributed by atoms with Crippen LogP contribution in [-0.2, 0) is 17.6 Å². The molecule has 1 aliphatic carbocycles. The predicted molar refractivity (Wildman–Crippen MR) is 122 cm³/mol. The van der Waals surface area contributed by atoms with E-state index in [1.165, 1.54) is 17.0 Å². The number of aromatic amines is 1. The van der Waals surface area contributed by atoms with Crippen LogP contribution in [0.4, 0.5) is 5.82 Å². The number of H-pyrrole nitrogens is 1. The van der Waals surface area contributed by atoms with Gasteiger partial charge in [-0.2, -0.15) is 9.78 Å². The molecule has 0 saturated carbocycles. The van der Waals surface area contributed by atoms with Crippen LogP contribution in [0.3, 0.4) is 0 Å². The fraction of sp³-hybridized carbons (Fsp3) is 0.167. The highest BCUT2D eigenvalue weighted by molar-refractivity contribution is 6.01. The molecule has 34 heavy (non-hydrogen) atoms. The number of nitrogens with one attached hydrogen (secondary N) is 2. The van der Waals surface area contributed by atoms with Crippen LogP contribution in [0, 0.1) is 0 Å². The van der Waals surface area contributed by atoms with Gasteiger partial charge in [-0.25, -0.2) is 4.98 Å². The summed E-state index contributed by atoms with van der Waals surface area (Å²) in [5.41, 5.74) is 2.55. The van der Waals surface area contributed by atoms with E-state index < -0.39 is 0 Å². The summed E-state index contributed by atoms with van der Waals surface area (Å²) in [5.74, 6) is 2.02. The van der Waals surface area contributed by atoms with E-state index in [4.69, 9.17) is 13.9 Å². The lowest BCUT2D eigenvalue weighted by atomic mass is 10.2. The molecule has 1 aliphatic heterocycles. The van der Waals surface area contributed by atoms with Gasteiger partial charge in [0.25, 0.3) is 5.56 Å². The van der Waals surface area contributed by atoms with Gasteiger partial charge in [-0.05, 0) is 55.2 Å². The minimum atomic E-state index is -0.381. The van der Waals surface area contributed by atoms with E-state index in [-0.39, 0.29) is 24.2 Å². The summed E-state index contributed by atoms with van der Waals surface area (Å²) in [5, 5.41) is 7.34. The molecule has 2 N–H and O–H groups in total. The van der Waals surface area contributed by atoms with E-state index in [2.05, 4.69) is 20.4 Å². The highest BCUT2D eigenvalue weighted by atomic mass is 16.7. The molecule has 4 heterocycles. The van der Waals surface area contributed by atoms with E-state index in [1.807, 2.05) is 6.07 Å². The zero-order valence-electron chi connectivity index (χ0n) is 17.9. The van der Waals surface area contributed by atoms with Crippen LogP contribution in [0.25, 0.3) is 23.5 Å². The van der Waals surface area contributed by atoms with Crippen molar-refractivity contribution in [3.8, 4) is 28.9 Å². The Balaban J connectivity index is 1.31.